The van der Waals surface area contributed by atoms with Crippen LogP contribution in [-0.4, -0.2) is 28.9 Å². The molecule has 1 aromatic carbocycles. The van der Waals surface area contributed by atoms with Gasteiger partial charge >= 0.3 is 12.1 Å². The smallest absolute Gasteiger partial charge is 0.411 e. The molecule has 0 unspecified atom stereocenters. The van der Waals surface area contributed by atoms with Gasteiger partial charge in [-0.15, -0.1) is 0 Å². The maximum Gasteiger partial charge on any atom is 0.411 e. The summed E-state index contributed by atoms with van der Waals surface area (Å²) in [7, 11) is 0. The second kappa shape index (κ2) is 5.01. The summed E-state index contributed by atoms with van der Waals surface area (Å²) in [6, 6.07) is 4.01. The van der Waals surface area contributed by atoms with E-state index in [0.29, 0.717) is 0 Å². The number of aromatic carboxylic acids is 1. The van der Waals surface area contributed by atoms with E-state index >= 15 is 0 Å². The Hall–Kier alpha value is -2.24. The summed E-state index contributed by atoms with van der Waals surface area (Å²) < 4.78 is 4.59. The molecule has 6 heteroatoms. The number of aromatic hydroxyl groups is 1. The molecular weight excluding hydrogens is 214 g/mol. The molecule has 0 bridgehead atoms. The van der Waals surface area contributed by atoms with Crippen molar-refractivity contribution in [2.75, 3.05) is 11.9 Å². The highest BCUT2D eigenvalue weighted by molar-refractivity contribution is 5.96. The first-order valence-corrected chi connectivity index (χ1v) is 4.55. The standard InChI is InChI=1S/C10H11NO5/c1-2-16-10(15)11-7-5-3-4-6(8(7)12)9(13)14/h3-5,12H,2H2,1H3,(H,11,15)(H,13,14). The number of benzene rings is 1. The Morgan fingerprint density at radius 1 is 1.44 bits per heavy atom. The summed E-state index contributed by atoms with van der Waals surface area (Å²) in [5.74, 6) is -1.77. The SMILES string of the molecule is CCOC(=O)Nc1cccc(C(=O)O)c1O. The van der Waals surface area contributed by atoms with Crippen molar-refractivity contribution in [2.24, 2.45) is 0 Å². The third-order valence-electron chi connectivity index (χ3n) is 1.78. The molecule has 0 atom stereocenters. The lowest BCUT2D eigenvalue weighted by Crippen LogP contribution is -2.14. The van der Waals surface area contributed by atoms with Gasteiger partial charge < -0.3 is 14.9 Å². The zero-order chi connectivity index (χ0) is 12.1. The fraction of sp³-hybridized carbons (Fsp3) is 0.200. The lowest BCUT2D eigenvalue weighted by atomic mass is 10.2. The summed E-state index contributed by atoms with van der Waals surface area (Å²) in [4.78, 5) is 21.7. The average molecular weight is 225 g/mol. The van der Waals surface area contributed by atoms with Crippen molar-refractivity contribution in [1.29, 1.82) is 0 Å². The molecule has 0 aliphatic carbocycles. The molecular formula is C10H11NO5. The van der Waals surface area contributed by atoms with Crippen LogP contribution in [0.3, 0.4) is 0 Å². The minimum atomic E-state index is -1.27. The summed E-state index contributed by atoms with van der Waals surface area (Å²) in [5.41, 5.74) is -0.285. The monoisotopic (exact) mass is 225 g/mol. The number of hydrogen-bond acceptors (Lipinski definition) is 4. The van der Waals surface area contributed by atoms with Gasteiger partial charge in [-0.3, -0.25) is 5.32 Å². The van der Waals surface area contributed by atoms with Gasteiger partial charge in [-0.25, -0.2) is 9.59 Å². The average Bonchev–Trinajstić information content (AvgIpc) is 2.21. The highest BCUT2D eigenvalue weighted by atomic mass is 16.5. The molecule has 0 aliphatic rings. The molecule has 0 saturated carbocycles. The normalized spacial score (nSPS) is 9.56. The predicted octanol–water partition coefficient (Wildman–Crippen LogP) is 1.66. The van der Waals surface area contributed by atoms with Crippen LogP contribution in [0, 0.1) is 0 Å². The fourth-order valence-electron chi connectivity index (χ4n) is 1.09. The largest absolute Gasteiger partial charge is 0.505 e. The maximum atomic E-state index is 11.1. The Kier molecular flexibility index (Phi) is 3.71. The molecule has 16 heavy (non-hydrogen) atoms. The summed E-state index contributed by atoms with van der Waals surface area (Å²) in [5, 5.41) is 20.5. The van der Waals surface area contributed by atoms with Crippen molar-refractivity contribution in [1.82, 2.24) is 0 Å². The van der Waals surface area contributed by atoms with Crippen molar-refractivity contribution < 1.29 is 24.5 Å². The minimum absolute atomic E-state index is 0.00153. The number of carboxylic acid groups (broad SMARTS) is 1. The van der Waals surface area contributed by atoms with Crippen molar-refractivity contribution in [3.05, 3.63) is 23.8 Å². The fourth-order valence-corrected chi connectivity index (χ4v) is 1.09. The van der Waals surface area contributed by atoms with Crippen LogP contribution in [-0.2, 0) is 4.74 Å². The quantitative estimate of drug-likeness (QED) is 0.680. The van der Waals surface area contributed by atoms with E-state index in [1.807, 2.05) is 0 Å². The number of carboxylic acids is 1. The van der Waals surface area contributed by atoms with Gasteiger partial charge in [0.15, 0.2) is 5.75 Å². The molecule has 0 aliphatic heterocycles. The number of anilines is 1. The number of nitrogens with one attached hydrogen (secondary N) is 1. The Labute approximate surface area is 91.5 Å². The van der Waals surface area contributed by atoms with E-state index in [9.17, 15) is 14.7 Å². The van der Waals surface area contributed by atoms with Crippen molar-refractivity contribution in [2.45, 2.75) is 6.92 Å². The van der Waals surface area contributed by atoms with Crippen molar-refractivity contribution in [3.63, 3.8) is 0 Å². The Bertz CT molecular complexity index is 416. The van der Waals surface area contributed by atoms with E-state index in [4.69, 9.17) is 5.11 Å². The third-order valence-corrected chi connectivity index (χ3v) is 1.78. The van der Waals surface area contributed by atoms with E-state index in [1.54, 1.807) is 6.92 Å². The molecule has 0 aromatic heterocycles. The molecule has 1 rings (SSSR count). The zero-order valence-corrected chi connectivity index (χ0v) is 8.56. The number of ether oxygens (including phenoxy) is 1. The van der Waals surface area contributed by atoms with E-state index in [-0.39, 0.29) is 17.9 Å². The van der Waals surface area contributed by atoms with Crippen LogP contribution in [0.2, 0.25) is 0 Å². The molecule has 3 N–H and O–H groups in total. The molecule has 6 nitrogen and oxygen atoms in total. The summed E-state index contributed by atoms with van der Waals surface area (Å²) in [6.07, 6.45) is -0.750. The molecule has 1 aromatic rings. The van der Waals surface area contributed by atoms with Crippen molar-refractivity contribution in [3.8, 4) is 5.75 Å². The number of amides is 1. The third kappa shape index (κ3) is 2.63. The number of hydrogen-bond donors (Lipinski definition) is 3. The van der Waals surface area contributed by atoms with Gasteiger partial charge in [0.1, 0.15) is 5.56 Å². The first-order chi connectivity index (χ1) is 7.56. The highest BCUT2D eigenvalue weighted by Crippen LogP contribution is 2.27. The van der Waals surface area contributed by atoms with Gasteiger partial charge in [-0.05, 0) is 19.1 Å². The zero-order valence-electron chi connectivity index (χ0n) is 8.56. The van der Waals surface area contributed by atoms with E-state index in [2.05, 4.69) is 10.1 Å². The second-order valence-corrected chi connectivity index (χ2v) is 2.85. The molecule has 0 radical (unpaired) electrons. The van der Waals surface area contributed by atoms with Crippen LogP contribution in [0.4, 0.5) is 10.5 Å². The number of phenols is 1. The molecule has 0 saturated heterocycles. The minimum Gasteiger partial charge on any atom is -0.505 e. The van der Waals surface area contributed by atoms with Crippen LogP contribution < -0.4 is 5.32 Å². The maximum absolute atomic E-state index is 11.1. The number of para-hydroxylation sites is 1. The predicted molar refractivity (Wildman–Crippen MR) is 55.7 cm³/mol. The van der Waals surface area contributed by atoms with E-state index in [0.717, 1.165) is 0 Å². The molecule has 0 heterocycles. The molecule has 0 fully saturated rings. The number of rotatable bonds is 3. The number of carbonyl (C=O) groups is 2. The van der Waals surface area contributed by atoms with Crippen LogP contribution in [0.5, 0.6) is 5.75 Å². The number of carbonyl (C=O) groups excluding carboxylic acids is 1. The second-order valence-electron chi connectivity index (χ2n) is 2.85. The topological polar surface area (TPSA) is 95.9 Å². The van der Waals surface area contributed by atoms with Gasteiger partial charge in [0.05, 0.1) is 12.3 Å². The van der Waals surface area contributed by atoms with Gasteiger partial charge in [0, 0.05) is 0 Å². The first-order valence-electron chi connectivity index (χ1n) is 4.55. The van der Waals surface area contributed by atoms with Crippen LogP contribution >= 0.6 is 0 Å². The van der Waals surface area contributed by atoms with Crippen LogP contribution in [0.15, 0.2) is 18.2 Å². The Morgan fingerprint density at radius 3 is 2.69 bits per heavy atom. The lowest BCUT2D eigenvalue weighted by molar-refractivity contribution is 0.0693. The van der Waals surface area contributed by atoms with Crippen LogP contribution in [0.1, 0.15) is 17.3 Å². The summed E-state index contributed by atoms with van der Waals surface area (Å²) >= 11 is 0. The summed E-state index contributed by atoms with van der Waals surface area (Å²) in [6.45, 7) is 1.82. The van der Waals surface area contributed by atoms with Gasteiger partial charge in [-0.2, -0.15) is 0 Å². The van der Waals surface area contributed by atoms with Gasteiger partial charge in [-0.1, -0.05) is 6.07 Å². The Balaban J connectivity index is 2.93. The van der Waals surface area contributed by atoms with E-state index in [1.165, 1.54) is 18.2 Å². The Morgan fingerprint density at radius 2 is 2.12 bits per heavy atom. The van der Waals surface area contributed by atoms with Gasteiger partial charge in [0.25, 0.3) is 0 Å². The highest BCUT2D eigenvalue weighted by Gasteiger charge is 2.14. The molecule has 1 amide bonds. The van der Waals surface area contributed by atoms with Gasteiger partial charge in [0.2, 0.25) is 0 Å². The first kappa shape index (κ1) is 11.8. The molecule has 86 valence electrons. The van der Waals surface area contributed by atoms with Crippen LogP contribution in [0.25, 0.3) is 0 Å². The van der Waals surface area contributed by atoms with E-state index < -0.39 is 17.8 Å². The van der Waals surface area contributed by atoms with Crippen molar-refractivity contribution >= 4 is 17.7 Å². The molecule has 0 spiro atoms. The lowest BCUT2D eigenvalue weighted by Gasteiger charge is -2.08.